The molecule has 0 radical (unpaired) electrons. The lowest BCUT2D eigenvalue weighted by Gasteiger charge is -2.21. The molecule has 0 bridgehead atoms. The third kappa shape index (κ3) is 29.6. The molecule has 0 aromatic rings. The molecule has 0 aliphatic rings. The highest BCUT2D eigenvalue weighted by molar-refractivity contribution is 7.51. The van der Waals surface area contributed by atoms with Crippen LogP contribution in [-0.2, 0) is 4.57 Å². The SMILES string of the molecule is CCP(=O)(O)O.C[N+](C)(C)CCO.O. The van der Waals surface area contributed by atoms with Crippen molar-refractivity contribution in [2.75, 3.05) is 40.5 Å². The summed E-state index contributed by atoms with van der Waals surface area (Å²) in [5.41, 5.74) is 0. The molecule has 0 saturated heterocycles. The molecule has 0 saturated carbocycles. The Morgan fingerprint density at radius 3 is 1.50 bits per heavy atom. The van der Waals surface area contributed by atoms with Gasteiger partial charge in [0.2, 0.25) is 0 Å². The van der Waals surface area contributed by atoms with Crippen molar-refractivity contribution in [1.82, 2.24) is 0 Å². The molecule has 14 heavy (non-hydrogen) atoms. The van der Waals surface area contributed by atoms with Gasteiger partial charge < -0.3 is 24.9 Å². The van der Waals surface area contributed by atoms with E-state index in [0.29, 0.717) is 0 Å². The third-order valence-electron chi connectivity index (χ3n) is 1.18. The monoisotopic (exact) mass is 232 g/mol. The topological polar surface area (TPSA) is 109 Å². The Morgan fingerprint density at radius 1 is 1.21 bits per heavy atom. The van der Waals surface area contributed by atoms with Crippen LogP contribution in [0.2, 0.25) is 0 Å². The minimum atomic E-state index is -3.65. The number of quaternary nitrogens is 1. The van der Waals surface area contributed by atoms with Crippen molar-refractivity contribution in [2.45, 2.75) is 6.92 Å². The minimum Gasteiger partial charge on any atom is -0.412 e. The Labute approximate surface area is 85.2 Å². The first-order valence-electron chi connectivity index (χ1n) is 4.08. The zero-order chi connectivity index (χ0) is 11.1. The highest BCUT2D eigenvalue weighted by atomic mass is 31.2. The van der Waals surface area contributed by atoms with E-state index in [4.69, 9.17) is 14.9 Å². The fourth-order valence-corrected chi connectivity index (χ4v) is 0.300. The molecule has 0 aromatic heterocycles. The Balaban J connectivity index is -0.000000163. The van der Waals surface area contributed by atoms with Gasteiger partial charge in [-0.1, -0.05) is 6.92 Å². The predicted molar refractivity (Wildman–Crippen MR) is 56.2 cm³/mol. The maximum atomic E-state index is 9.69. The van der Waals surface area contributed by atoms with Gasteiger partial charge in [0.05, 0.1) is 27.7 Å². The van der Waals surface area contributed by atoms with Gasteiger partial charge in [0.25, 0.3) is 0 Å². The fraction of sp³-hybridized carbons (Fsp3) is 1.00. The van der Waals surface area contributed by atoms with Gasteiger partial charge in [0.15, 0.2) is 0 Å². The minimum absolute atomic E-state index is 0. The van der Waals surface area contributed by atoms with Crippen molar-refractivity contribution in [3.05, 3.63) is 0 Å². The van der Waals surface area contributed by atoms with E-state index < -0.39 is 7.60 Å². The number of rotatable bonds is 3. The number of aliphatic hydroxyl groups excluding tert-OH is 1. The molecule has 0 spiro atoms. The number of likely N-dealkylation sites (N-methyl/N-ethyl adjacent to an activating group) is 1. The van der Waals surface area contributed by atoms with Gasteiger partial charge in [-0.15, -0.1) is 0 Å². The average molecular weight is 232 g/mol. The van der Waals surface area contributed by atoms with Crippen molar-refractivity contribution in [3.63, 3.8) is 0 Å². The van der Waals surface area contributed by atoms with Crippen LogP contribution in [0.25, 0.3) is 0 Å². The highest BCUT2D eigenvalue weighted by Crippen LogP contribution is 2.32. The van der Waals surface area contributed by atoms with Crippen molar-refractivity contribution >= 4 is 7.60 Å². The first kappa shape index (κ1) is 19.6. The van der Waals surface area contributed by atoms with E-state index in [1.54, 1.807) is 0 Å². The predicted octanol–water partition coefficient (Wildman–Crippen LogP) is -0.956. The Kier molecular flexibility index (Phi) is 11.7. The lowest BCUT2D eigenvalue weighted by atomic mass is 10.5. The normalized spacial score (nSPS) is 11.1. The van der Waals surface area contributed by atoms with Gasteiger partial charge in [0, 0.05) is 6.16 Å². The van der Waals surface area contributed by atoms with Gasteiger partial charge in [-0.3, -0.25) is 4.57 Å². The molecular formula is C7H23NO5P+. The van der Waals surface area contributed by atoms with Crippen LogP contribution in [0, 0.1) is 0 Å². The van der Waals surface area contributed by atoms with Crippen LogP contribution in [0.5, 0.6) is 0 Å². The molecule has 5 N–H and O–H groups in total. The molecule has 0 aliphatic carbocycles. The number of nitrogens with zero attached hydrogens (tertiary/aromatic N) is 1. The van der Waals surface area contributed by atoms with Gasteiger partial charge in [0.1, 0.15) is 6.54 Å². The second-order valence-corrected chi connectivity index (χ2v) is 5.68. The summed E-state index contributed by atoms with van der Waals surface area (Å²) in [5.74, 6) is 0. The van der Waals surface area contributed by atoms with E-state index >= 15 is 0 Å². The smallest absolute Gasteiger partial charge is 0.325 e. The van der Waals surface area contributed by atoms with Gasteiger partial charge >= 0.3 is 7.60 Å². The largest absolute Gasteiger partial charge is 0.412 e. The standard InChI is InChI=1S/C5H14NO.C2H7O3P.H2O/c1-6(2,3)4-5-7;1-2-6(3,4)5;/h7H,4-5H2,1-3H3;2H2,1H3,(H2,3,4,5);1H2/q+1;;. The number of hydrogen-bond donors (Lipinski definition) is 3. The Morgan fingerprint density at radius 2 is 1.50 bits per heavy atom. The quantitative estimate of drug-likeness (QED) is 0.430. The zero-order valence-corrected chi connectivity index (χ0v) is 10.2. The maximum Gasteiger partial charge on any atom is 0.325 e. The number of aliphatic hydroxyl groups is 1. The molecule has 0 amide bonds. The Bertz CT molecular complexity index is 162. The van der Waals surface area contributed by atoms with E-state index in [-0.39, 0.29) is 18.2 Å². The summed E-state index contributed by atoms with van der Waals surface area (Å²) in [6, 6.07) is 0. The lowest BCUT2D eigenvalue weighted by molar-refractivity contribution is -0.870. The molecule has 0 fully saturated rings. The molecule has 0 rings (SSSR count). The summed E-state index contributed by atoms with van der Waals surface area (Å²) in [4.78, 5) is 15.9. The summed E-state index contributed by atoms with van der Waals surface area (Å²) in [6.45, 7) is 2.56. The van der Waals surface area contributed by atoms with Gasteiger partial charge in [-0.05, 0) is 0 Å². The van der Waals surface area contributed by atoms with E-state index in [1.807, 2.05) is 0 Å². The molecule has 90 valence electrons. The van der Waals surface area contributed by atoms with Crippen molar-refractivity contribution in [3.8, 4) is 0 Å². The molecular weight excluding hydrogens is 209 g/mol. The van der Waals surface area contributed by atoms with E-state index in [9.17, 15) is 4.57 Å². The van der Waals surface area contributed by atoms with Crippen LogP contribution in [0.15, 0.2) is 0 Å². The molecule has 0 heterocycles. The van der Waals surface area contributed by atoms with Crippen LogP contribution < -0.4 is 0 Å². The zero-order valence-electron chi connectivity index (χ0n) is 9.27. The van der Waals surface area contributed by atoms with E-state index in [1.165, 1.54) is 6.92 Å². The first-order chi connectivity index (χ1) is 5.62. The highest BCUT2D eigenvalue weighted by Gasteiger charge is 2.05. The molecule has 6 nitrogen and oxygen atoms in total. The molecule has 0 unspecified atom stereocenters. The second kappa shape index (κ2) is 8.35. The van der Waals surface area contributed by atoms with Crippen LogP contribution in [0.3, 0.4) is 0 Å². The van der Waals surface area contributed by atoms with Crippen LogP contribution >= 0.6 is 7.60 Å². The number of hydrogen-bond acceptors (Lipinski definition) is 2. The molecule has 0 aliphatic heterocycles. The first-order valence-corrected chi connectivity index (χ1v) is 5.88. The van der Waals surface area contributed by atoms with E-state index in [2.05, 4.69) is 21.1 Å². The second-order valence-electron chi connectivity index (χ2n) is 3.72. The summed E-state index contributed by atoms with van der Waals surface area (Å²) in [5, 5.41) is 8.39. The lowest BCUT2D eigenvalue weighted by Crippen LogP contribution is -2.36. The van der Waals surface area contributed by atoms with Gasteiger partial charge in [-0.25, -0.2) is 0 Å². The van der Waals surface area contributed by atoms with Crippen LogP contribution in [0.4, 0.5) is 0 Å². The van der Waals surface area contributed by atoms with Gasteiger partial charge in [-0.2, -0.15) is 0 Å². The maximum absolute atomic E-state index is 9.69. The fourth-order valence-electron chi connectivity index (χ4n) is 0.300. The summed E-state index contributed by atoms with van der Waals surface area (Å²) >= 11 is 0. The van der Waals surface area contributed by atoms with E-state index in [0.717, 1.165) is 11.0 Å². The van der Waals surface area contributed by atoms with Crippen molar-refractivity contribution in [2.24, 2.45) is 0 Å². The van der Waals surface area contributed by atoms with Crippen LogP contribution in [0.1, 0.15) is 6.92 Å². The molecule has 7 heteroatoms. The summed E-state index contributed by atoms with van der Waals surface area (Å²) in [6.07, 6.45) is -0.0625. The summed E-state index contributed by atoms with van der Waals surface area (Å²) < 4.78 is 10.5. The van der Waals surface area contributed by atoms with Crippen molar-refractivity contribution < 1.29 is 29.4 Å². The summed E-state index contributed by atoms with van der Waals surface area (Å²) in [7, 11) is 2.51. The molecule has 0 aromatic carbocycles. The molecule has 0 atom stereocenters. The van der Waals surface area contributed by atoms with Crippen LogP contribution in [-0.4, -0.2) is 65.3 Å². The average Bonchev–Trinajstić information content (AvgIpc) is 1.84. The third-order valence-corrected chi connectivity index (χ3v) is 2.01. The van der Waals surface area contributed by atoms with Crippen molar-refractivity contribution in [1.29, 1.82) is 0 Å². The Hall–Kier alpha value is 0.0300.